The molecule has 0 aliphatic rings. The van der Waals surface area contributed by atoms with Crippen LogP contribution in [0.3, 0.4) is 0 Å². The number of amides is 1. The van der Waals surface area contributed by atoms with E-state index in [1.54, 1.807) is 0 Å². The van der Waals surface area contributed by atoms with Crippen molar-refractivity contribution in [1.29, 1.82) is 0 Å². The minimum atomic E-state index is -0.522. The first-order chi connectivity index (χ1) is 10.0. The van der Waals surface area contributed by atoms with Crippen molar-refractivity contribution in [2.45, 2.75) is 6.54 Å². The molecule has 0 bridgehead atoms. The van der Waals surface area contributed by atoms with Gasteiger partial charge in [-0.1, -0.05) is 40.0 Å². The van der Waals surface area contributed by atoms with Crippen molar-refractivity contribution in [3.05, 3.63) is 39.1 Å². The summed E-state index contributed by atoms with van der Waals surface area (Å²) in [5.41, 5.74) is 2.07. The van der Waals surface area contributed by atoms with E-state index in [0.29, 0.717) is 27.4 Å². The summed E-state index contributed by atoms with van der Waals surface area (Å²) in [7, 11) is 0. The summed E-state index contributed by atoms with van der Waals surface area (Å²) in [5.74, 6) is 4.81. The molecule has 3 N–H and O–H groups in total. The van der Waals surface area contributed by atoms with Crippen molar-refractivity contribution in [1.82, 2.24) is 20.4 Å². The summed E-state index contributed by atoms with van der Waals surface area (Å²) in [6.07, 6.45) is 1.44. The highest BCUT2D eigenvalue weighted by Gasteiger charge is 2.11. The number of nitrogen functional groups attached to an aromatic ring is 1. The van der Waals surface area contributed by atoms with Crippen molar-refractivity contribution in [2.75, 3.05) is 6.61 Å². The number of hydrogen-bond acceptors (Lipinski definition) is 5. The largest absolute Gasteiger partial charge is 0.489 e. The van der Waals surface area contributed by atoms with E-state index in [2.05, 4.69) is 10.3 Å². The molecule has 0 aliphatic heterocycles. The number of nitrogens with zero attached hydrogens (tertiary/aromatic N) is 3. The first-order valence-electron chi connectivity index (χ1n) is 5.69. The van der Waals surface area contributed by atoms with Crippen molar-refractivity contribution in [2.24, 2.45) is 5.84 Å². The minimum absolute atomic E-state index is 0.111. The zero-order chi connectivity index (χ0) is 15.4. The van der Waals surface area contributed by atoms with Gasteiger partial charge in [-0.2, -0.15) is 0 Å². The molecular weight excluding hydrogens is 341 g/mol. The molecule has 0 unspecified atom stereocenters. The van der Waals surface area contributed by atoms with Crippen LogP contribution < -0.4 is 16.0 Å². The molecule has 7 nitrogen and oxygen atoms in total. The third-order valence-corrected chi connectivity index (χ3v) is 3.21. The molecule has 2 aromatic rings. The molecular formula is C11H10Cl3N5O2. The molecule has 1 aromatic heterocycles. The van der Waals surface area contributed by atoms with Crippen LogP contribution in [0.1, 0.15) is 10.5 Å². The zero-order valence-corrected chi connectivity index (χ0v) is 12.8. The quantitative estimate of drug-likeness (QED) is 0.488. The van der Waals surface area contributed by atoms with Crippen LogP contribution in [0.2, 0.25) is 15.1 Å². The fourth-order valence-corrected chi connectivity index (χ4v) is 2.42. The molecule has 112 valence electrons. The number of rotatable bonds is 5. The first-order valence-corrected chi connectivity index (χ1v) is 6.83. The molecule has 0 saturated carbocycles. The Hall–Kier alpha value is -1.54. The zero-order valence-electron chi connectivity index (χ0n) is 10.5. The van der Waals surface area contributed by atoms with Crippen LogP contribution in [-0.4, -0.2) is 27.5 Å². The normalized spacial score (nSPS) is 10.5. The predicted octanol–water partition coefficient (Wildman–Crippen LogP) is 1.92. The number of nitrogens with one attached hydrogen (secondary N) is 1. The number of halogens is 3. The third-order valence-electron chi connectivity index (χ3n) is 2.43. The Kier molecular flexibility index (Phi) is 5.24. The van der Waals surface area contributed by atoms with Crippen LogP contribution in [0.15, 0.2) is 18.3 Å². The number of hydrogen-bond donors (Lipinski definition) is 2. The van der Waals surface area contributed by atoms with E-state index < -0.39 is 5.91 Å². The van der Waals surface area contributed by atoms with Crippen molar-refractivity contribution < 1.29 is 9.53 Å². The number of hydrazine groups is 1. The first kappa shape index (κ1) is 15.8. The van der Waals surface area contributed by atoms with Crippen LogP contribution in [-0.2, 0) is 6.54 Å². The summed E-state index contributed by atoms with van der Waals surface area (Å²) in [6, 6.07) is 3.06. The molecule has 1 aromatic carbocycles. The van der Waals surface area contributed by atoms with Gasteiger partial charge in [0.1, 0.15) is 6.61 Å². The number of carbonyl (C=O) groups is 1. The van der Waals surface area contributed by atoms with E-state index in [1.165, 1.54) is 23.0 Å². The summed E-state index contributed by atoms with van der Waals surface area (Å²) in [6.45, 7) is 0.578. The Labute approximate surface area is 134 Å². The molecule has 1 heterocycles. The monoisotopic (exact) mass is 349 g/mol. The van der Waals surface area contributed by atoms with E-state index in [0.717, 1.165) is 0 Å². The SMILES string of the molecule is NNC(=O)c1cn(CCOc2c(Cl)cc(Cl)cc2Cl)nn1. The Morgan fingerprint density at radius 2 is 2.00 bits per heavy atom. The molecule has 0 spiro atoms. The average Bonchev–Trinajstić information content (AvgIpc) is 2.89. The fraction of sp³-hybridized carbons (Fsp3) is 0.182. The molecule has 1 amide bonds. The highest BCUT2D eigenvalue weighted by molar-refractivity contribution is 6.40. The Morgan fingerprint density at radius 1 is 1.33 bits per heavy atom. The van der Waals surface area contributed by atoms with Gasteiger partial charge < -0.3 is 4.74 Å². The van der Waals surface area contributed by atoms with Gasteiger partial charge >= 0.3 is 0 Å². The van der Waals surface area contributed by atoms with E-state index in [4.69, 9.17) is 45.4 Å². The Bertz CT molecular complexity index is 638. The van der Waals surface area contributed by atoms with Gasteiger partial charge in [-0.25, -0.2) is 10.5 Å². The van der Waals surface area contributed by atoms with Gasteiger partial charge in [0.2, 0.25) is 0 Å². The van der Waals surface area contributed by atoms with Gasteiger partial charge in [0.15, 0.2) is 11.4 Å². The molecule has 0 saturated heterocycles. The topological polar surface area (TPSA) is 95.1 Å². The van der Waals surface area contributed by atoms with E-state index in [-0.39, 0.29) is 12.3 Å². The number of ether oxygens (including phenoxy) is 1. The summed E-state index contributed by atoms with van der Waals surface area (Å²) in [4.78, 5) is 11.2. The Balaban J connectivity index is 1.96. The van der Waals surface area contributed by atoms with Gasteiger partial charge in [0.05, 0.1) is 22.8 Å². The van der Waals surface area contributed by atoms with Crippen LogP contribution in [0.25, 0.3) is 0 Å². The number of carbonyl (C=O) groups excluding carboxylic acids is 1. The molecule has 0 fully saturated rings. The lowest BCUT2D eigenvalue weighted by Crippen LogP contribution is -2.30. The van der Waals surface area contributed by atoms with Crippen molar-refractivity contribution >= 4 is 40.7 Å². The summed E-state index contributed by atoms with van der Waals surface area (Å²) >= 11 is 17.8. The molecule has 0 atom stereocenters. The van der Waals surface area contributed by atoms with E-state index >= 15 is 0 Å². The highest BCUT2D eigenvalue weighted by Crippen LogP contribution is 2.35. The molecule has 10 heteroatoms. The second-order valence-electron chi connectivity index (χ2n) is 3.89. The summed E-state index contributed by atoms with van der Waals surface area (Å²) < 4.78 is 6.92. The fourth-order valence-electron chi connectivity index (χ4n) is 1.49. The molecule has 21 heavy (non-hydrogen) atoms. The van der Waals surface area contributed by atoms with Crippen LogP contribution >= 0.6 is 34.8 Å². The second kappa shape index (κ2) is 6.95. The standard InChI is InChI=1S/C11H10Cl3N5O2/c12-6-3-7(13)10(8(14)4-6)21-2-1-19-5-9(17-18-19)11(20)16-15/h3-5H,1-2,15H2,(H,16,20). The number of nitrogens with two attached hydrogens (primary N) is 1. The Morgan fingerprint density at radius 3 is 2.62 bits per heavy atom. The van der Waals surface area contributed by atoms with Gasteiger partial charge in [-0.15, -0.1) is 5.10 Å². The number of aromatic nitrogens is 3. The maximum absolute atomic E-state index is 11.2. The van der Waals surface area contributed by atoms with Gasteiger partial charge in [-0.05, 0) is 12.1 Å². The number of benzene rings is 1. The predicted molar refractivity (Wildman–Crippen MR) is 78.6 cm³/mol. The highest BCUT2D eigenvalue weighted by atomic mass is 35.5. The van der Waals surface area contributed by atoms with E-state index in [9.17, 15) is 4.79 Å². The second-order valence-corrected chi connectivity index (χ2v) is 5.14. The van der Waals surface area contributed by atoms with Crippen molar-refractivity contribution in [3.63, 3.8) is 0 Å². The lowest BCUT2D eigenvalue weighted by Gasteiger charge is -2.10. The van der Waals surface area contributed by atoms with Crippen molar-refractivity contribution in [3.8, 4) is 5.75 Å². The lowest BCUT2D eigenvalue weighted by molar-refractivity contribution is 0.0948. The molecule has 2 rings (SSSR count). The van der Waals surface area contributed by atoms with Gasteiger partial charge in [-0.3, -0.25) is 10.2 Å². The minimum Gasteiger partial charge on any atom is -0.489 e. The van der Waals surface area contributed by atoms with Gasteiger partial charge in [0, 0.05) is 5.02 Å². The van der Waals surface area contributed by atoms with Crippen LogP contribution in [0.4, 0.5) is 0 Å². The average molecular weight is 351 g/mol. The maximum atomic E-state index is 11.2. The van der Waals surface area contributed by atoms with Crippen LogP contribution in [0, 0.1) is 0 Å². The third kappa shape index (κ3) is 3.98. The van der Waals surface area contributed by atoms with E-state index in [1.807, 2.05) is 5.43 Å². The van der Waals surface area contributed by atoms with Gasteiger partial charge in [0.25, 0.3) is 5.91 Å². The molecule has 0 aliphatic carbocycles. The van der Waals surface area contributed by atoms with Crippen LogP contribution in [0.5, 0.6) is 5.75 Å². The lowest BCUT2D eigenvalue weighted by atomic mass is 10.3. The smallest absolute Gasteiger partial charge is 0.287 e. The maximum Gasteiger partial charge on any atom is 0.287 e. The summed E-state index contributed by atoms with van der Waals surface area (Å²) in [5, 5.41) is 8.46. The molecule has 0 radical (unpaired) electrons.